The summed E-state index contributed by atoms with van der Waals surface area (Å²) in [6.45, 7) is 0. The molecule has 1 aromatic rings. The van der Waals surface area contributed by atoms with Crippen molar-refractivity contribution in [2.75, 3.05) is 0 Å². The number of aryl methyl sites for hydroxylation is 1. The molecule has 0 saturated heterocycles. The fraction of sp³-hybridized carbons (Fsp3) is 0.571. The van der Waals surface area contributed by atoms with Crippen molar-refractivity contribution in [3.05, 3.63) is 11.4 Å². The van der Waals surface area contributed by atoms with E-state index in [1.807, 2.05) is 13.1 Å². The van der Waals surface area contributed by atoms with Crippen molar-refractivity contribution in [1.29, 1.82) is 5.26 Å². The Hall–Kier alpha value is -1.37. The molecule has 2 rings (SSSR count). The lowest BCUT2D eigenvalue weighted by Crippen LogP contribution is -1.96. The summed E-state index contributed by atoms with van der Waals surface area (Å²) in [5, 5.41) is 16.2. The van der Waals surface area contributed by atoms with Gasteiger partial charge in [-0.2, -0.15) is 5.26 Å². The first kappa shape index (κ1) is 6.35. The SMILES string of the molecule is Cn1nnc(C#N)c1C1CC1. The highest BCUT2D eigenvalue weighted by Gasteiger charge is 2.30. The highest BCUT2D eigenvalue weighted by molar-refractivity contribution is 5.30. The van der Waals surface area contributed by atoms with Gasteiger partial charge in [0.2, 0.25) is 0 Å². The van der Waals surface area contributed by atoms with Gasteiger partial charge in [-0.3, -0.25) is 4.68 Å². The van der Waals surface area contributed by atoms with Crippen molar-refractivity contribution >= 4 is 0 Å². The van der Waals surface area contributed by atoms with Crippen LogP contribution < -0.4 is 0 Å². The van der Waals surface area contributed by atoms with Gasteiger partial charge >= 0.3 is 0 Å². The van der Waals surface area contributed by atoms with Crippen LogP contribution in [-0.4, -0.2) is 15.0 Å². The maximum atomic E-state index is 8.64. The van der Waals surface area contributed by atoms with Crippen molar-refractivity contribution in [2.24, 2.45) is 7.05 Å². The van der Waals surface area contributed by atoms with Crippen LogP contribution in [0.3, 0.4) is 0 Å². The van der Waals surface area contributed by atoms with Gasteiger partial charge in [-0.1, -0.05) is 5.21 Å². The smallest absolute Gasteiger partial charge is 0.186 e. The Morgan fingerprint density at radius 1 is 1.64 bits per heavy atom. The zero-order chi connectivity index (χ0) is 7.84. The summed E-state index contributed by atoms with van der Waals surface area (Å²) >= 11 is 0. The first-order chi connectivity index (χ1) is 5.33. The molecule has 4 heteroatoms. The summed E-state index contributed by atoms with van der Waals surface area (Å²) in [6.07, 6.45) is 2.35. The number of hydrogen-bond acceptors (Lipinski definition) is 3. The van der Waals surface area contributed by atoms with Crippen LogP contribution in [0.2, 0.25) is 0 Å². The number of rotatable bonds is 1. The van der Waals surface area contributed by atoms with Crippen LogP contribution in [-0.2, 0) is 7.05 Å². The fourth-order valence-electron chi connectivity index (χ4n) is 1.26. The number of hydrogen-bond donors (Lipinski definition) is 0. The van der Waals surface area contributed by atoms with Crippen LogP contribution in [0, 0.1) is 11.3 Å². The van der Waals surface area contributed by atoms with Gasteiger partial charge < -0.3 is 0 Å². The minimum absolute atomic E-state index is 0.495. The monoisotopic (exact) mass is 148 g/mol. The molecule has 1 fully saturated rings. The van der Waals surface area contributed by atoms with Crippen molar-refractivity contribution in [3.8, 4) is 6.07 Å². The van der Waals surface area contributed by atoms with Crippen LogP contribution in [0.4, 0.5) is 0 Å². The van der Waals surface area contributed by atoms with Crippen LogP contribution in [0.1, 0.15) is 30.1 Å². The van der Waals surface area contributed by atoms with E-state index in [9.17, 15) is 0 Å². The van der Waals surface area contributed by atoms with E-state index in [4.69, 9.17) is 5.26 Å². The molecule has 4 nitrogen and oxygen atoms in total. The third-order valence-electron chi connectivity index (χ3n) is 1.94. The molecule has 0 aliphatic heterocycles. The minimum Gasteiger partial charge on any atom is -0.251 e. The van der Waals surface area contributed by atoms with Gasteiger partial charge in [0.25, 0.3) is 0 Å². The van der Waals surface area contributed by atoms with Gasteiger partial charge in [0, 0.05) is 13.0 Å². The van der Waals surface area contributed by atoms with Crippen molar-refractivity contribution < 1.29 is 0 Å². The molecule has 0 atom stereocenters. The van der Waals surface area contributed by atoms with Gasteiger partial charge in [-0.05, 0) is 12.8 Å². The van der Waals surface area contributed by atoms with E-state index in [1.54, 1.807) is 4.68 Å². The van der Waals surface area contributed by atoms with E-state index in [0.29, 0.717) is 11.6 Å². The second kappa shape index (κ2) is 2.06. The normalized spacial score (nSPS) is 16.4. The molecule has 1 heterocycles. The zero-order valence-corrected chi connectivity index (χ0v) is 6.28. The fourth-order valence-corrected chi connectivity index (χ4v) is 1.26. The first-order valence-corrected chi connectivity index (χ1v) is 3.62. The third-order valence-corrected chi connectivity index (χ3v) is 1.94. The number of nitrogens with zero attached hydrogens (tertiary/aromatic N) is 4. The average Bonchev–Trinajstić information content (AvgIpc) is 2.76. The lowest BCUT2D eigenvalue weighted by Gasteiger charge is -1.94. The Balaban J connectivity index is 2.48. The molecule has 1 aliphatic rings. The molecule has 1 aromatic heterocycles. The van der Waals surface area contributed by atoms with Crippen molar-refractivity contribution in [2.45, 2.75) is 18.8 Å². The second-order valence-electron chi connectivity index (χ2n) is 2.83. The molecule has 0 unspecified atom stereocenters. The van der Waals surface area contributed by atoms with Gasteiger partial charge in [0.15, 0.2) is 5.69 Å². The molecule has 56 valence electrons. The summed E-state index contributed by atoms with van der Waals surface area (Å²) in [4.78, 5) is 0. The summed E-state index contributed by atoms with van der Waals surface area (Å²) in [5.74, 6) is 0.546. The van der Waals surface area contributed by atoms with E-state index in [-0.39, 0.29) is 0 Å². The first-order valence-electron chi connectivity index (χ1n) is 3.62. The maximum absolute atomic E-state index is 8.64. The predicted molar refractivity (Wildman–Crippen MR) is 37.7 cm³/mol. The predicted octanol–water partition coefficient (Wildman–Crippen LogP) is 0.564. The van der Waals surface area contributed by atoms with E-state index in [0.717, 1.165) is 5.69 Å². The van der Waals surface area contributed by atoms with E-state index in [2.05, 4.69) is 10.3 Å². The lowest BCUT2D eigenvalue weighted by molar-refractivity contribution is 0.679. The van der Waals surface area contributed by atoms with Gasteiger partial charge in [-0.15, -0.1) is 5.10 Å². The molecule has 0 radical (unpaired) electrons. The zero-order valence-electron chi connectivity index (χ0n) is 6.28. The van der Waals surface area contributed by atoms with E-state index < -0.39 is 0 Å². The standard InChI is InChI=1S/C7H8N4/c1-11-7(5-2-3-5)6(4-8)9-10-11/h5H,2-3H2,1H3. The highest BCUT2D eigenvalue weighted by Crippen LogP contribution is 2.40. The van der Waals surface area contributed by atoms with Crippen molar-refractivity contribution in [3.63, 3.8) is 0 Å². The summed E-state index contributed by atoms with van der Waals surface area (Å²) < 4.78 is 1.70. The number of aromatic nitrogens is 3. The van der Waals surface area contributed by atoms with E-state index >= 15 is 0 Å². The Morgan fingerprint density at radius 3 is 2.91 bits per heavy atom. The Morgan fingerprint density at radius 2 is 2.36 bits per heavy atom. The van der Waals surface area contributed by atoms with Gasteiger partial charge in [0.05, 0.1) is 5.69 Å². The molecule has 0 aromatic carbocycles. The van der Waals surface area contributed by atoms with Crippen LogP contribution in [0.15, 0.2) is 0 Å². The topological polar surface area (TPSA) is 54.5 Å². The molecule has 0 N–H and O–H groups in total. The van der Waals surface area contributed by atoms with Crippen molar-refractivity contribution in [1.82, 2.24) is 15.0 Å². The third kappa shape index (κ3) is 0.891. The summed E-state index contributed by atoms with van der Waals surface area (Å²) in [7, 11) is 1.83. The molecule has 1 aliphatic carbocycles. The largest absolute Gasteiger partial charge is 0.251 e. The molecular weight excluding hydrogens is 140 g/mol. The average molecular weight is 148 g/mol. The Labute approximate surface area is 64.4 Å². The quantitative estimate of drug-likeness (QED) is 0.584. The lowest BCUT2D eigenvalue weighted by atomic mass is 10.2. The van der Waals surface area contributed by atoms with Crippen LogP contribution >= 0.6 is 0 Å². The maximum Gasteiger partial charge on any atom is 0.186 e. The van der Waals surface area contributed by atoms with Crippen LogP contribution in [0.25, 0.3) is 0 Å². The van der Waals surface area contributed by atoms with E-state index in [1.165, 1.54) is 12.8 Å². The highest BCUT2D eigenvalue weighted by atomic mass is 15.4. The molecule has 0 amide bonds. The van der Waals surface area contributed by atoms with Gasteiger partial charge in [-0.25, -0.2) is 0 Å². The molecule has 0 spiro atoms. The molecule has 11 heavy (non-hydrogen) atoms. The molecule has 0 bridgehead atoms. The van der Waals surface area contributed by atoms with Gasteiger partial charge in [0.1, 0.15) is 6.07 Å². The number of nitriles is 1. The molecule has 1 saturated carbocycles. The Bertz CT molecular complexity index is 316. The summed E-state index contributed by atoms with van der Waals surface area (Å²) in [6, 6.07) is 2.04. The van der Waals surface area contributed by atoms with Crippen LogP contribution in [0.5, 0.6) is 0 Å². The second-order valence-corrected chi connectivity index (χ2v) is 2.83. The minimum atomic E-state index is 0.495. The summed E-state index contributed by atoms with van der Waals surface area (Å²) in [5.41, 5.74) is 1.50. The molecular formula is C7H8N4. The Kier molecular flexibility index (Phi) is 1.19.